The highest BCUT2D eigenvalue weighted by Crippen LogP contribution is 2.20. The highest BCUT2D eigenvalue weighted by atomic mass is 32.1. The molecule has 6 nitrogen and oxygen atoms in total. The first-order valence-corrected chi connectivity index (χ1v) is 6.89. The second-order valence-corrected chi connectivity index (χ2v) is 5.45. The van der Waals surface area contributed by atoms with Crippen LogP contribution < -0.4 is 5.76 Å². The van der Waals surface area contributed by atoms with Crippen LogP contribution in [0.5, 0.6) is 0 Å². The minimum absolute atomic E-state index is 0.342. The van der Waals surface area contributed by atoms with E-state index < -0.39 is 11.7 Å². The fourth-order valence-corrected chi connectivity index (χ4v) is 2.82. The molecule has 3 aromatic rings. The van der Waals surface area contributed by atoms with Gasteiger partial charge in [0.1, 0.15) is 0 Å². The maximum Gasteiger partial charge on any atom is 0.421 e. The van der Waals surface area contributed by atoms with E-state index in [-0.39, 0.29) is 0 Å². The molecule has 0 bridgehead atoms. The van der Waals surface area contributed by atoms with E-state index in [0.717, 1.165) is 15.8 Å². The fourth-order valence-electron chi connectivity index (χ4n) is 1.92. The van der Waals surface area contributed by atoms with E-state index in [0.29, 0.717) is 17.8 Å². The first kappa shape index (κ1) is 13.3. The lowest BCUT2D eigenvalue weighted by Crippen LogP contribution is -2.14. The van der Waals surface area contributed by atoms with E-state index in [1.165, 1.54) is 22.0 Å². The number of carboxylic acids is 1. The minimum Gasteiger partial charge on any atom is -0.478 e. The van der Waals surface area contributed by atoms with E-state index in [9.17, 15) is 9.59 Å². The van der Waals surface area contributed by atoms with E-state index in [2.05, 4.69) is 4.98 Å². The maximum absolute atomic E-state index is 11.8. The lowest BCUT2D eigenvalue weighted by Gasteiger charge is -1.97. The average Bonchev–Trinajstić information content (AvgIpc) is 3.02. The summed E-state index contributed by atoms with van der Waals surface area (Å²) < 4.78 is 6.57. The van der Waals surface area contributed by atoms with Gasteiger partial charge >= 0.3 is 11.7 Å². The Hall–Kier alpha value is -2.67. The SMILES string of the molecule is O=C(O)C=Cc1ccc(Cn2c(=O)oc3cccnc32)s1. The molecule has 0 radical (unpaired) electrons. The van der Waals surface area contributed by atoms with Crippen molar-refractivity contribution >= 4 is 34.6 Å². The number of rotatable bonds is 4. The first-order valence-electron chi connectivity index (χ1n) is 6.07. The number of nitrogens with zero attached hydrogens (tertiary/aromatic N) is 2. The van der Waals surface area contributed by atoms with Crippen LogP contribution in [0.15, 0.2) is 45.8 Å². The van der Waals surface area contributed by atoms with E-state index >= 15 is 0 Å². The maximum atomic E-state index is 11.8. The second kappa shape index (κ2) is 5.37. The summed E-state index contributed by atoms with van der Waals surface area (Å²) in [4.78, 5) is 28.2. The van der Waals surface area contributed by atoms with Crippen LogP contribution >= 0.6 is 11.3 Å². The number of hydrogen-bond donors (Lipinski definition) is 1. The fraction of sp³-hybridized carbons (Fsp3) is 0.0714. The summed E-state index contributed by atoms with van der Waals surface area (Å²) in [6.45, 7) is 0.342. The zero-order chi connectivity index (χ0) is 14.8. The van der Waals surface area contributed by atoms with Crippen molar-refractivity contribution in [2.75, 3.05) is 0 Å². The lowest BCUT2D eigenvalue weighted by molar-refractivity contribution is -0.131. The van der Waals surface area contributed by atoms with Gasteiger partial charge < -0.3 is 9.52 Å². The predicted octanol–water partition coefficient (Wildman–Crippen LogP) is 2.20. The van der Waals surface area contributed by atoms with Crippen LogP contribution in [0, 0.1) is 0 Å². The molecule has 3 aromatic heterocycles. The number of aliphatic carboxylic acids is 1. The number of carboxylic acid groups (broad SMARTS) is 1. The van der Waals surface area contributed by atoms with Crippen molar-refractivity contribution in [1.29, 1.82) is 0 Å². The zero-order valence-corrected chi connectivity index (χ0v) is 11.5. The van der Waals surface area contributed by atoms with E-state index in [1.807, 2.05) is 6.07 Å². The number of pyridine rings is 1. The average molecular weight is 302 g/mol. The van der Waals surface area contributed by atoms with Gasteiger partial charge in [0, 0.05) is 22.0 Å². The van der Waals surface area contributed by atoms with E-state index in [1.54, 1.807) is 24.4 Å². The number of hydrogen-bond acceptors (Lipinski definition) is 5. The van der Waals surface area contributed by atoms with Gasteiger partial charge in [-0.25, -0.2) is 14.6 Å². The first-order chi connectivity index (χ1) is 10.1. The lowest BCUT2D eigenvalue weighted by atomic mass is 10.4. The second-order valence-electron chi connectivity index (χ2n) is 4.25. The quantitative estimate of drug-likeness (QED) is 0.747. The van der Waals surface area contributed by atoms with Crippen LogP contribution in [0.2, 0.25) is 0 Å². The molecular formula is C14H10N2O4S. The van der Waals surface area contributed by atoms with Crippen LogP contribution in [0.3, 0.4) is 0 Å². The molecule has 0 atom stereocenters. The monoisotopic (exact) mass is 302 g/mol. The Morgan fingerprint density at radius 1 is 1.43 bits per heavy atom. The minimum atomic E-state index is -0.994. The van der Waals surface area contributed by atoms with Crippen LogP contribution in [0.25, 0.3) is 17.3 Å². The number of thiophene rings is 1. The molecule has 0 aromatic carbocycles. The Morgan fingerprint density at radius 2 is 2.29 bits per heavy atom. The Bertz CT molecular complexity index is 888. The van der Waals surface area contributed by atoms with Crippen molar-refractivity contribution in [2.24, 2.45) is 0 Å². The van der Waals surface area contributed by atoms with Crippen LogP contribution in [0.1, 0.15) is 9.75 Å². The van der Waals surface area contributed by atoms with Crippen molar-refractivity contribution in [3.05, 3.63) is 56.8 Å². The molecule has 1 N–H and O–H groups in total. The zero-order valence-electron chi connectivity index (χ0n) is 10.7. The summed E-state index contributed by atoms with van der Waals surface area (Å²) in [5.74, 6) is -1.45. The normalized spacial score (nSPS) is 11.4. The van der Waals surface area contributed by atoms with Gasteiger partial charge in [0.05, 0.1) is 6.54 Å². The molecule has 0 unspecified atom stereocenters. The number of fused-ring (bicyclic) bond motifs is 1. The summed E-state index contributed by atoms with van der Waals surface area (Å²) in [5.41, 5.74) is 0.948. The standard InChI is InChI=1S/C14H10N2O4S/c17-12(18)6-5-9-3-4-10(21-9)8-16-13-11(20-14(16)19)2-1-7-15-13/h1-7H,8H2,(H,17,18). The molecule has 0 aliphatic heterocycles. The molecule has 0 aliphatic rings. The third-order valence-electron chi connectivity index (χ3n) is 2.81. The third-order valence-corrected chi connectivity index (χ3v) is 3.85. The van der Waals surface area contributed by atoms with Crippen molar-refractivity contribution in [3.8, 4) is 0 Å². The molecule has 7 heteroatoms. The Balaban J connectivity index is 1.91. The Labute approximate surface area is 122 Å². The molecule has 0 fully saturated rings. The molecule has 0 aliphatic carbocycles. The van der Waals surface area contributed by atoms with Gasteiger partial charge in [-0.15, -0.1) is 11.3 Å². The van der Waals surface area contributed by atoms with E-state index in [4.69, 9.17) is 9.52 Å². The van der Waals surface area contributed by atoms with Crippen molar-refractivity contribution in [2.45, 2.75) is 6.54 Å². The summed E-state index contributed by atoms with van der Waals surface area (Å²) >= 11 is 1.41. The number of carbonyl (C=O) groups is 1. The van der Waals surface area contributed by atoms with Gasteiger partial charge in [-0.3, -0.25) is 4.57 Å². The molecule has 3 rings (SSSR count). The van der Waals surface area contributed by atoms with Gasteiger partial charge in [0.15, 0.2) is 11.2 Å². The molecule has 106 valence electrons. The molecule has 0 spiro atoms. The Kier molecular flexibility index (Phi) is 3.41. The predicted molar refractivity (Wildman–Crippen MR) is 78.4 cm³/mol. The molecular weight excluding hydrogens is 292 g/mol. The highest BCUT2D eigenvalue weighted by Gasteiger charge is 2.11. The van der Waals surface area contributed by atoms with Gasteiger partial charge in [-0.1, -0.05) is 0 Å². The molecule has 0 amide bonds. The summed E-state index contributed by atoms with van der Waals surface area (Å²) in [6, 6.07) is 7.05. The van der Waals surface area contributed by atoms with Crippen LogP contribution in [-0.4, -0.2) is 20.6 Å². The molecule has 0 saturated heterocycles. The van der Waals surface area contributed by atoms with Crippen molar-refractivity contribution in [1.82, 2.24) is 9.55 Å². The summed E-state index contributed by atoms with van der Waals surface area (Å²) in [5, 5.41) is 8.60. The molecule has 21 heavy (non-hydrogen) atoms. The summed E-state index contributed by atoms with van der Waals surface area (Å²) in [7, 11) is 0. The van der Waals surface area contributed by atoms with Gasteiger partial charge in [0.2, 0.25) is 0 Å². The number of aromatic nitrogens is 2. The number of oxazole rings is 1. The van der Waals surface area contributed by atoms with Crippen LogP contribution in [-0.2, 0) is 11.3 Å². The molecule has 0 saturated carbocycles. The van der Waals surface area contributed by atoms with Crippen LogP contribution in [0.4, 0.5) is 0 Å². The van der Waals surface area contributed by atoms with Gasteiger partial charge in [-0.2, -0.15) is 0 Å². The smallest absolute Gasteiger partial charge is 0.421 e. The highest BCUT2D eigenvalue weighted by molar-refractivity contribution is 7.12. The third kappa shape index (κ3) is 2.77. The largest absolute Gasteiger partial charge is 0.478 e. The van der Waals surface area contributed by atoms with Crippen molar-refractivity contribution < 1.29 is 14.3 Å². The van der Waals surface area contributed by atoms with Crippen molar-refractivity contribution in [3.63, 3.8) is 0 Å². The Morgan fingerprint density at radius 3 is 3.10 bits per heavy atom. The van der Waals surface area contributed by atoms with Gasteiger partial charge in [-0.05, 0) is 30.3 Å². The van der Waals surface area contributed by atoms with Gasteiger partial charge in [0.25, 0.3) is 0 Å². The molecule has 3 heterocycles. The topological polar surface area (TPSA) is 85.3 Å². The summed E-state index contributed by atoms with van der Waals surface area (Å²) in [6.07, 6.45) is 4.20.